The average molecular weight is 730 g/mol. The van der Waals surface area contributed by atoms with E-state index >= 15 is 0 Å². The van der Waals surface area contributed by atoms with Gasteiger partial charge in [-0.2, -0.15) is 15.2 Å². The van der Waals surface area contributed by atoms with Gasteiger partial charge in [0.05, 0.1) is 37.0 Å². The second kappa shape index (κ2) is 14.1. The first-order valence-electron chi connectivity index (χ1n) is 18.0. The number of nitrogen functional groups attached to an aromatic ring is 1. The number of ether oxygens (including phenoxy) is 2. The lowest BCUT2D eigenvalue weighted by Gasteiger charge is -2.40. The van der Waals surface area contributed by atoms with Gasteiger partial charge in [-0.15, -0.1) is 11.3 Å². The van der Waals surface area contributed by atoms with Crippen LogP contribution in [-0.2, 0) is 17.8 Å². The molecule has 17 heteroatoms. The van der Waals surface area contributed by atoms with Gasteiger partial charge in [-0.3, -0.25) is 4.79 Å². The minimum atomic E-state index is -0.447. The molecule has 3 N–H and O–H groups in total. The number of amides is 1. The number of fused-ring (bicyclic) bond motifs is 1. The minimum absolute atomic E-state index is 0.00660. The first-order valence-corrected chi connectivity index (χ1v) is 18.8. The van der Waals surface area contributed by atoms with Crippen molar-refractivity contribution >= 4 is 22.2 Å². The van der Waals surface area contributed by atoms with Crippen LogP contribution in [0.5, 0.6) is 11.9 Å². The lowest BCUT2D eigenvalue weighted by atomic mass is 9.81. The maximum absolute atomic E-state index is 12.5. The van der Waals surface area contributed by atoms with Gasteiger partial charge in [-0.25, -0.2) is 9.67 Å². The van der Waals surface area contributed by atoms with Crippen LogP contribution >= 0.6 is 11.3 Å². The van der Waals surface area contributed by atoms with Crippen molar-refractivity contribution in [1.82, 2.24) is 44.9 Å². The first-order chi connectivity index (χ1) is 25.2. The maximum Gasteiger partial charge on any atom is 0.317 e. The zero-order valence-electron chi connectivity index (χ0n) is 29.2. The van der Waals surface area contributed by atoms with Crippen LogP contribution < -0.4 is 15.2 Å². The fraction of sp³-hybridized carbons (Fsp3) is 0.600. The predicted molar refractivity (Wildman–Crippen MR) is 187 cm³/mol. The summed E-state index contributed by atoms with van der Waals surface area (Å²) in [5, 5.41) is 32.4. The summed E-state index contributed by atoms with van der Waals surface area (Å²) in [6.07, 6.45) is 10.3. The molecule has 4 aliphatic rings. The van der Waals surface area contributed by atoms with Crippen LogP contribution in [0.1, 0.15) is 79.7 Å². The fourth-order valence-electron chi connectivity index (χ4n) is 7.55. The smallest absolute Gasteiger partial charge is 0.317 e. The number of thiophene rings is 1. The number of aryl methyl sites for hydroxylation is 1. The number of anilines is 1. The van der Waals surface area contributed by atoms with E-state index in [0.717, 1.165) is 75.0 Å². The van der Waals surface area contributed by atoms with Crippen molar-refractivity contribution in [3.63, 3.8) is 0 Å². The second-order valence-corrected chi connectivity index (χ2v) is 16.3. The van der Waals surface area contributed by atoms with E-state index in [1.165, 1.54) is 16.0 Å². The number of rotatable bonds is 12. The predicted octanol–water partition coefficient (Wildman–Crippen LogP) is 3.03. The highest BCUT2D eigenvalue weighted by Gasteiger charge is 2.46. The molecule has 0 bridgehead atoms. The fourth-order valence-corrected chi connectivity index (χ4v) is 8.67. The Hall–Kier alpha value is -4.66. The van der Waals surface area contributed by atoms with Crippen molar-refractivity contribution in [2.75, 3.05) is 51.7 Å². The standard InChI is InChI=1S/C35H43N11O5S/c1-34(20-49-27-17-46(43-41-27)18-28(48)45-12-6-22(47)16-45)9-13-44(14-10-34)19-35(7-8-35)21-50-33-38-11-5-25(39-33)31-40-32(51-42-31)23-3-2-4-26-29(23)24(15-36)30(37)52-26/h5,11,17,22-23,47H,2-4,6-10,12-14,16,18-21,37H2,1H3. The van der Waals surface area contributed by atoms with Crippen molar-refractivity contribution in [2.45, 2.75) is 76.9 Å². The van der Waals surface area contributed by atoms with Crippen LogP contribution in [0.3, 0.4) is 0 Å². The first kappa shape index (κ1) is 34.4. The molecule has 1 saturated carbocycles. The lowest BCUT2D eigenvalue weighted by Crippen LogP contribution is -2.44. The molecule has 3 fully saturated rings. The maximum atomic E-state index is 12.5. The third kappa shape index (κ3) is 7.32. The Kier molecular flexibility index (Phi) is 9.30. The van der Waals surface area contributed by atoms with Crippen LogP contribution in [0.15, 0.2) is 23.0 Å². The third-order valence-electron chi connectivity index (χ3n) is 11.0. The van der Waals surface area contributed by atoms with E-state index in [-0.39, 0.29) is 35.2 Å². The minimum Gasteiger partial charge on any atom is -0.475 e. The van der Waals surface area contributed by atoms with E-state index in [4.69, 9.17) is 19.7 Å². The molecule has 6 heterocycles. The Morgan fingerprint density at radius 3 is 2.79 bits per heavy atom. The van der Waals surface area contributed by atoms with Crippen LogP contribution in [-0.4, -0.2) is 108 Å². The van der Waals surface area contributed by atoms with Gasteiger partial charge < -0.3 is 34.6 Å². The van der Waals surface area contributed by atoms with Crippen molar-refractivity contribution < 1.29 is 23.9 Å². The number of hydrogen-bond donors (Lipinski definition) is 2. The number of likely N-dealkylation sites (tertiary alicyclic amines) is 2. The van der Waals surface area contributed by atoms with Crippen molar-refractivity contribution in [3.8, 4) is 29.5 Å². The number of hydrogen-bond acceptors (Lipinski definition) is 15. The SMILES string of the molecule is CC1(COc2cn(CC(=O)N3CCC(O)C3)nn2)CCN(CC2(COc3nccc(-c4noc(C5CCCc6sc(N)c(C#N)c65)n4)n3)CC2)CC1. The largest absolute Gasteiger partial charge is 0.475 e. The number of aliphatic hydroxyl groups is 1. The number of aliphatic hydroxyl groups excluding tert-OH is 1. The number of nitriles is 1. The van der Waals surface area contributed by atoms with Gasteiger partial charge >= 0.3 is 6.01 Å². The highest BCUT2D eigenvalue weighted by molar-refractivity contribution is 7.16. The van der Waals surface area contributed by atoms with Crippen LogP contribution in [0.25, 0.3) is 11.5 Å². The molecule has 0 aromatic carbocycles. The van der Waals surface area contributed by atoms with Crippen molar-refractivity contribution in [2.24, 2.45) is 10.8 Å². The zero-order valence-corrected chi connectivity index (χ0v) is 30.1. The molecule has 2 saturated heterocycles. The third-order valence-corrected chi connectivity index (χ3v) is 12.1. The van der Waals surface area contributed by atoms with E-state index in [1.807, 2.05) is 0 Å². The topological polar surface area (TPSA) is 207 Å². The molecular weight excluding hydrogens is 687 g/mol. The van der Waals surface area contributed by atoms with Gasteiger partial charge in [-0.05, 0) is 76.1 Å². The number of aromatic nitrogens is 7. The summed E-state index contributed by atoms with van der Waals surface area (Å²) in [4.78, 5) is 31.4. The van der Waals surface area contributed by atoms with Gasteiger partial charge in [0.15, 0.2) is 0 Å². The number of nitrogens with two attached hydrogens (primary N) is 1. The van der Waals surface area contributed by atoms with Crippen LogP contribution in [0.2, 0.25) is 0 Å². The number of carbonyl (C=O) groups excluding carboxylic acids is 1. The molecule has 0 spiro atoms. The van der Waals surface area contributed by atoms with E-state index in [1.54, 1.807) is 23.4 Å². The lowest BCUT2D eigenvalue weighted by molar-refractivity contribution is -0.131. The normalized spacial score (nSPS) is 22.1. The number of β-amino-alcohol motifs (C(OH)–C–C–N with tert-alkyl or cyclic N) is 1. The molecule has 1 amide bonds. The highest BCUT2D eigenvalue weighted by Crippen LogP contribution is 2.48. The Morgan fingerprint density at radius 1 is 1.17 bits per heavy atom. The van der Waals surface area contributed by atoms with Gasteiger partial charge in [0, 0.05) is 41.5 Å². The molecule has 16 nitrogen and oxygen atoms in total. The molecular formula is C35H43N11O5S. The molecule has 8 rings (SSSR count). The quantitative estimate of drug-likeness (QED) is 0.215. The highest BCUT2D eigenvalue weighted by atomic mass is 32.1. The summed E-state index contributed by atoms with van der Waals surface area (Å²) in [5.41, 5.74) is 8.18. The Bertz CT molecular complexity index is 1960. The summed E-state index contributed by atoms with van der Waals surface area (Å²) in [6, 6.07) is 4.29. The molecule has 2 aliphatic carbocycles. The van der Waals surface area contributed by atoms with Gasteiger partial charge in [0.1, 0.15) is 23.3 Å². The van der Waals surface area contributed by atoms with E-state index < -0.39 is 6.10 Å². The summed E-state index contributed by atoms with van der Waals surface area (Å²) in [7, 11) is 0. The van der Waals surface area contributed by atoms with Crippen LogP contribution in [0.4, 0.5) is 5.00 Å². The van der Waals surface area contributed by atoms with Gasteiger partial charge in [-0.1, -0.05) is 22.4 Å². The molecule has 0 radical (unpaired) electrons. The monoisotopic (exact) mass is 729 g/mol. The van der Waals surface area contributed by atoms with Gasteiger partial charge in [0.2, 0.25) is 17.6 Å². The van der Waals surface area contributed by atoms with E-state index in [2.05, 4.69) is 48.3 Å². The second-order valence-electron chi connectivity index (χ2n) is 15.1. The van der Waals surface area contributed by atoms with Gasteiger partial charge in [0.25, 0.3) is 5.88 Å². The molecule has 4 aromatic heterocycles. The number of nitrogens with zero attached hydrogens (tertiary/aromatic N) is 10. The van der Waals surface area contributed by atoms with E-state index in [9.17, 15) is 15.2 Å². The van der Waals surface area contributed by atoms with Crippen molar-refractivity contribution in [1.29, 1.82) is 5.26 Å². The zero-order chi connectivity index (χ0) is 35.9. The molecule has 274 valence electrons. The molecule has 52 heavy (non-hydrogen) atoms. The molecule has 4 aromatic rings. The van der Waals surface area contributed by atoms with Crippen molar-refractivity contribution in [3.05, 3.63) is 40.4 Å². The Morgan fingerprint density at radius 2 is 2.02 bits per heavy atom. The summed E-state index contributed by atoms with van der Waals surface area (Å²) >= 11 is 1.48. The summed E-state index contributed by atoms with van der Waals surface area (Å²) in [5.74, 6) is 0.989. The molecule has 2 atom stereocenters. The Balaban J connectivity index is 0.808. The summed E-state index contributed by atoms with van der Waals surface area (Å²) < 4.78 is 19.4. The van der Waals surface area contributed by atoms with E-state index in [0.29, 0.717) is 66.6 Å². The molecule has 2 aliphatic heterocycles. The number of piperidine rings is 1. The summed E-state index contributed by atoms with van der Waals surface area (Å²) in [6.45, 7) is 7.21. The average Bonchev–Trinajstić information content (AvgIpc) is 3.61. The van der Waals surface area contributed by atoms with Crippen LogP contribution in [0, 0.1) is 22.2 Å². The number of carbonyl (C=O) groups is 1. The Labute approximate surface area is 304 Å². The molecule has 2 unspecified atom stereocenters.